The van der Waals surface area contributed by atoms with Crippen molar-refractivity contribution in [3.05, 3.63) is 6.61 Å². The van der Waals surface area contributed by atoms with E-state index in [1.165, 1.54) is 180 Å². The predicted molar refractivity (Wildman–Crippen MR) is 166 cm³/mol. The van der Waals surface area contributed by atoms with Crippen LogP contribution in [-0.2, 0) is 9.47 Å². The molecule has 37 heavy (non-hydrogen) atoms. The number of ether oxygens (including phenoxy) is 2. The van der Waals surface area contributed by atoms with Gasteiger partial charge < -0.3 is 9.47 Å². The molecule has 0 bridgehead atoms. The Bertz CT molecular complexity index is 383. The summed E-state index contributed by atoms with van der Waals surface area (Å²) in [5.41, 5.74) is 0. The van der Waals surface area contributed by atoms with Crippen LogP contribution in [0.1, 0.15) is 201 Å². The van der Waals surface area contributed by atoms with Gasteiger partial charge in [0.05, 0.1) is 6.10 Å². The van der Waals surface area contributed by atoms with E-state index in [1.54, 1.807) is 0 Å². The maximum atomic E-state index is 5.89. The summed E-state index contributed by atoms with van der Waals surface area (Å²) in [6, 6.07) is 0. The molecule has 0 rings (SSSR count). The lowest BCUT2D eigenvalue weighted by molar-refractivity contribution is 0.0302. The Morgan fingerprint density at radius 2 is 0.649 bits per heavy atom. The first-order valence-electron chi connectivity index (χ1n) is 17.4. The van der Waals surface area contributed by atoms with Crippen molar-refractivity contribution in [1.29, 1.82) is 0 Å². The molecule has 1 unspecified atom stereocenters. The van der Waals surface area contributed by atoms with E-state index in [9.17, 15) is 0 Å². The number of unbranched alkanes of at least 4 members (excludes halogenated alkanes) is 26. The summed E-state index contributed by atoms with van der Waals surface area (Å²) in [7, 11) is 0. The predicted octanol–water partition coefficient (Wildman–Crippen LogP) is 12.5. The minimum absolute atomic E-state index is 0.119. The molecular formula is C35H71O2. The fourth-order valence-electron chi connectivity index (χ4n) is 5.19. The molecule has 2 heteroatoms. The first-order chi connectivity index (χ1) is 18.3. The molecule has 0 aliphatic rings. The van der Waals surface area contributed by atoms with Crippen molar-refractivity contribution in [2.24, 2.45) is 0 Å². The van der Waals surface area contributed by atoms with Gasteiger partial charge in [-0.15, -0.1) is 0 Å². The zero-order chi connectivity index (χ0) is 26.9. The second-order valence-electron chi connectivity index (χ2n) is 11.8. The number of hydrogen-bond donors (Lipinski definition) is 0. The first-order valence-corrected chi connectivity index (χ1v) is 17.4. The van der Waals surface area contributed by atoms with E-state index >= 15 is 0 Å². The Labute approximate surface area is 235 Å². The van der Waals surface area contributed by atoms with Gasteiger partial charge in [-0.1, -0.05) is 181 Å². The molecule has 0 saturated carbocycles. The van der Waals surface area contributed by atoms with Gasteiger partial charge in [0.25, 0.3) is 0 Å². The van der Waals surface area contributed by atoms with Gasteiger partial charge in [0, 0.05) is 13.2 Å². The lowest BCUT2D eigenvalue weighted by Gasteiger charge is -2.13. The molecule has 0 aromatic heterocycles. The second kappa shape index (κ2) is 33.9. The highest BCUT2D eigenvalue weighted by Crippen LogP contribution is 2.14. The Hall–Kier alpha value is -0.0800. The zero-order valence-corrected chi connectivity index (χ0v) is 26.2. The lowest BCUT2D eigenvalue weighted by atomic mass is 10.0. The molecule has 1 radical (unpaired) electrons. The quantitative estimate of drug-likeness (QED) is 0.0796. The summed E-state index contributed by atoms with van der Waals surface area (Å²) < 4.78 is 11.6. The Morgan fingerprint density at radius 1 is 0.378 bits per heavy atom. The van der Waals surface area contributed by atoms with E-state index in [1.807, 2.05) is 6.61 Å². The largest absolute Gasteiger partial charge is 0.376 e. The fourth-order valence-corrected chi connectivity index (χ4v) is 5.19. The van der Waals surface area contributed by atoms with Crippen molar-refractivity contribution < 1.29 is 9.47 Å². The molecular weight excluding hydrogens is 452 g/mol. The van der Waals surface area contributed by atoms with Crippen molar-refractivity contribution >= 4 is 0 Å². The van der Waals surface area contributed by atoms with E-state index in [0.29, 0.717) is 0 Å². The highest BCUT2D eigenvalue weighted by molar-refractivity contribution is 4.61. The normalized spacial score (nSPS) is 12.4. The zero-order valence-electron chi connectivity index (χ0n) is 26.2. The standard InChI is InChI=1S/C35H71O2/c1-4-6-8-10-12-14-16-18-20-22-24-26-28-30-32-36-34-35(3)37-33-31-29-27-25-23-21-19-17-15-13-11-9-7-5-2/h34-35H,4-33H2,1-3H3. The summed E-state index contributed by atoms with van der Waals surface area (Å²) >= 11 is 0. The number of rotatable bonds is 33. The van der Waals surface area contributed by atoms with E-state index in [-0.39, 0.29) is 6.10 Å². The summed E-state index contributed by atoms with van der Waals surface area (Å²) in [4.78, 5) is 0. The molecule has 0 heterocycles. The monoisotopic (exact) mass is 524 g/mol. The van der Waals surface area contributed by atoms with Crippen molar-refractivity contribution in [2.45, 2.75) is 207 Å². The molecule has 223 valence electrons. The van der Waals surface area contributed by atoms with Gasteiger partial charge in [0.1, 0.15) is 6.61 Å². The molecule has 0 spiro atoms. The second-order valence-corrected chi connectivity index (χ2v) is 11.8. The number of hydrogen-bond acceptors (Lipinski definition) is 2. The molecule has 0 aromatic rings. The third-order valence-electron chi connectivity index (χ3n) is 7.78. The van der Waals surface area contributed by atoms with Gasteiger partial charge in [-0.25, -0.2) is 0 Å². The van der Waals surface area contributed by atoms with E-state index in [0.717, 1.165) is 13.2 Å². The summed E-state index contributed by atoms with van der Waals surface area (Å²) in [6.45, 7) is 10.3. The smallest absolute Gasteiger partial charge is 0.112 e. The van der Waals surface area contributed by atoms with E-state index < -0.39 is 0 Å². The van der Waals surface area contributed by atoms with Crippen molar-refractivity contribution in [1.82, 2.24) is 0 Å². The van der Waals surface area contributed by atoms with Gasteiger partial charge in [-0.05, 0) is 19.8 Å². The van der Waals surface area contributed by atoms with Crippen molar-refractivity contribution in [3.8, 4) is 0 Å². The van der Waals surface area contributed by atoms with Gasteiger partial charge in [-0.3, -0.25) is 0 Å². The van der Waals surface area contributed by atoms with Crippen molar-refractivity contribution in [3.63, 3.8) is 0 Å². The van der Waals surface area contributed by atoms with Crippen LogP contribution < -0.4 is 0 Å². The van der Waals surface area contributed by atoms with Gasteiger partial charge in [0.2, 0.25) is 0 Å². The molecule has 1 atom stereocenters. The van der Waals surface area contributed by atoms with Crippen LogP contribution in [0.5, 0.6) is 0 Å². The molecule has 0 fully saturated rings. The Balaban J connectivity index is 3.13. The SMILES string of the molecule is CCCCCCCCCCCCCCCCO[CH]C(C)OCCCCCCCCCCCCCCCC. The molecule has 0 saturated heterocycles. The highest BCUT2D eigenvalue weighted by atomic mass is 16.5. The van der Waals surface area contributed by atoms with Crippen LogP contribution in [0.3, 0.4) is 0 Å². The maximum absolute atomic E-state index is 5.89. The fraction of sp³-hybridized carbons (Fsp3) is 0.971. The molecule has 0 aliphatic carbocycles. The van der Waals surface area contributed by atoms with Crippen LogP contribution in [0.25, 0.3) is 0 Å². The lowest BCUT2D eigenvalue weighted by Crippen LogP contribution is -2.12. The van der Waals surface area contributed by atoms with Crippen LogP contribution in [0, 0.1) is 6.61 Å². The summed E-state index contributed by atoms with van der Waals surface area (Å²) in [6.07, 6.45) is 39.4. The van der Waals surface area contributed by atoms with Gasteiger partial charge in [-0.2, -0.15) is 0 Å². The Morgan fingerprint density at radius 3 is 0.973 bits per heavy atom. The Kier molecular flexibility index (Phi) is 33.9. The average molecular weight is 524 g/mol. The summed E-state index contributed by atoms with van der Waals surface area (Å²) in [5, 5.41) is 0. The highest BCUT2D eigenvalue weighted by Gasteiger charge is 2.03. The molecule has 0 N–H and O–H groups in total. The molecule has 0 amide bonds. The van der Waals surface area contributed by atoms with Crippen LogP contribution in [0.4, 0.5) is 0 Å². The molecule has 0 aromatic carbocycles. The average Bonchev–Trinajstić information content (AvgIpc) is 2.90. The van der Waals surface area contributed by atoms with Crippen LogP contribution in [0.2, 0.25) is 0 Å². The molecule has 2 nitrogen and oxygen atoms in total. The van der Waals surface area contributed by atoms with Gasteiger partial charge >= 0.3 is 0 Å². The van der Waals surface area contributed by atoms with Crippen molar-refractivity contribution in [2.75, 3.05) is 13.2 Å². The minimum atomic E-state index is 0.119. The van der Waals surface area contributed by atoms with E-state index in [2.05, 4.69) is 20.8 Å². The van der Waals surface area contributed by atoms with E-state index in [4.69, 9.17) is 9.47 Å². The van der Waals surface area contributed by atoms with Crippen LogP contribution in [-0.4, -0.2) is 19.3 Å². The maximum Gasteiger partial charge on any atom is 0.112 e. The van der Waals surface area contributed by atoms with Crippen LogP contribution in [0.15, 0.2) is 0 Å². The third kappa shape index (κ3) is 33.9. The summed E-state index contributed by atoms with van der Waals surface area (Å²) in [5.74, 6) is 0. The minimum Gasteiger partial charge on any atom is -0.376 e. The van der Waals surface area contributed by atoms with Crippen LogP contribution >= 0.6 is 0 Å². The van der Waals surface area contributed by atoms with Gasteiger partial charge in [0.15, 0.2) is 0 Å². The topological polar surface area (TPSA) is 18.5 Å². The third-order valence-corrected chi connectivity index (χ3v) is 7.78. The first kappa shape index (κ1) is 36.9. The molecule has 0 aliphatic heterocycles.